The number of amides is 1. The van der Waals surface area contributed by atoms with Crippen molar-refractivity contribution in [2.45, 2.75) is 32.4 Å². The summed E-state index contributed by atoms with van der Waals surface area (Å²) < 4.78 is 11.5. The quantitative estimate of drug-likeness (QED) is 0.691. The summed E-state index contributed by atoms with van der Waals surface area (Å²) in [7, 11) is 1.70. The van der Waals surface area contributed by atoms with Gasteiger partial charge in [0.05, 0.1) is 26.3 Å². The normalized spacial score (nSPS) is 19.3. The Hall–Kier alpha value is -1.51. The number of piperidine rings is 1. The van der Waals surface area contributed by atoms with E-state index in [0.29, 0.717) is 12.6 Å². The standard InChI is InChI=1S/C19H27N3O3S2/c1-3-25-18(23)20-10-8-16(9-11-20)22-13-21(19(26)27-14-22)12-15-6-4-5-7-17(15)24-2/h4-7,16H,3,8-14H2,1-2H3. The first kappa shape index (κ1) is 20.2. The van der Waals surface area contributed by atoms with Gasteiger partial charge < -0.3 is 19.3 Å². The molecular formula is C19H27N3O3S2. The van der Waals surface area contributed by atoms with Crippen LogP contribution in [0.4, 0.5) is 4.79 Å². The summed E-state index contributed by atoms with van der Waals surface area (Å²) in [4.78, 5) is 18.4. The Bertz CT molecular complexity index is 665. The Kier molecular flexibility index (Phi) is 7.20. The third-order valence-electron chi connectivity index (χ3n) is 5.03. The van der Waals surface area contributed by atoms with Gasteiger partial charge in [0.15, 0.2) is 0 Å². The van der Waals surface area contributed by atoms with E-state index in [9.17, 15) is 4.79 Å². The highest BCUT2D eigenvalue weighted by Gasteiger charge is 2.31. The molecule has 0 bridgehead atoms. The van der Waals surface area contributed by atoms with Gasteiger partial charge in [-0.05, 0) is 25.8 Å². The minimum absolute atomic E-state index is 0.192. The zero-order chi connectivity index (χ0) is 19.2. The van der Waals surface area contributed by atoms with Crippen molar-refractivity contribution in [1.82, 2.24) is 14.7 Å². The molecule has 3 rings (SSSR count). The van der Waals surface area contributed by atoms with Crippen molar-refractivity contribution in [2.75, 3.05) is 39.4 Å². The van der Waals surface area contributed by atoms with Gasteiger partial charge in [0.1, 0.15) is 10.1 Å². The van der Waals surface area contributed by atoms with Crippen LogP contribution in [-0.2, 0) is 11.3 Å². The van der Waals surface area contributed by atoms with E-state index in [-0.39, 0.29) is 6.09 Å². The number of nitrogens with zero attached hydrogens (tertiary/aromatic N) is 3. The maximum atomic E-state index is 11.9. The van der Waals surface area contributed by atoms with Crippen molar-refractivity contribution in [3.63, 3.8) is 0 Å². The van der Waals surface area contributed by atoms with Crippen molar-refractivity contribution in [3.8, 4) is 5.75 Å². The third-order valence-corrected chi connectivity index (χ3v) is 6.60. The van der Waals surface area contributed by atoms with E-state index in [2.05, 4.69) is 15.9 Å². The van der Waals surface area contributed by atoms with E-state index >= 15 is 0 Å². The molecule has 2 heterocycles. The molecule has 2 aliphatic heterocycles. The SMILES string of the molecule is CCOC(=O)N1CCC(N2CSC(=S)N(Cc3ccccc3OC)C2)CC1. The van der Waals surface area contributed by atoms with Gasteiger partial charge in [0.2, 0.25) is 0 Å². The summed E-state index contributed by atoms with van der Waals surface area (Å²) in [6.07, 6.45) is 1.74. The Balaban J connectivity index is 1.57. The molecule has 27 heavy (non-hydrogen) atoms. The molecule has 2 aliphatic rings. The Morgan fingerprint density at radius 2 is 2.04 bits per heavy atom. The molecular weight excluding hydrogens is 382 g/mol. The molecule has 0 aliphatic carbocycles. The molecule has 0 spiro atoms. The monoisotopic (exact) mass is 409 g/mol. The van der Waals surface area contributed by atoms with Gasteiger partial charge in [0.25, 0.3) is 0 Å². The van der Waals surface area contributed by atoms with Crippen LogP contribution in [0.1, 0.15) is 25.3 Å². The van der Waals surface area contributed by atoms with E-state index < -0.39 is 0 Å². The zero-order valence-corrected chi connectivity index (χ0v) is 17.6. The lowest BCUT2D eigenvalue weighted by Gasteiger charge is -2.43. The molecule has 0 saturated carbocycles. The smallest absolute Gasteiger partial charge is 0.409 e. The fraction of sp³-hybridized carbons (Fsp3) is 0.579. The molecule has 1 aromatic rings. The van der Waals surface area contributed by atoms with Crippen LogP contribution < -0.4 is 4.74 Å². The number of thiocarbonyl (C=S) groups is 1. The molecule has 0 N–H and O–H groups in total. The second-order valence-electron chi connectivity index (χ2n) is 6.70. The lowest BCUT2D eigenvalue weighted by atomic mass is 10.0. The number of benzene rings is 1. The number of carbonyl (C=O) groups is 1. The number of ether oxygens (including phenoxy) is 2. The average molecular weight is 410 g/mol. The van der Waals surface area contributed by atoms with Gasteiger partial charge in [-0.3, -0.25) is 4.90 Å². The highest BCUT2D eigenvalue weighted by molar-refractivity contribution is 8.22. The number of likely N-dealkylation sites (tertiary alicyclic amines) is 1. The first-order chi connectivity index (χ1) is 13.1. The van der Waals surface area contributed by atoms with Gasteiger partial charge in [0, 0.05) is 31.2 Å². The molecule has 2 saturated heterocycles. The van der Waals surface area contributed by atoms with Crippen LogP contribution >= 0.6 is 24.0 Å². The van der Waals surface area contributed by atoms with Crippen molar-refractivity contribution < 1.29 is 14.3 Å². The number of para-hydroxylation sites is 1. The van der Waals surface area contributed by atoms with Crippen LogP contribution in [0.5, 0.6) is 5.75 Å². The van der Waals surface area contributed by atoms with Crippen LogP contribution in [0.15, 0.2) is 24.3 Å². The molecule has 0 aromatic heterocycles. The number of carbonyl (C=O) groups excluding carboxylic acids is 1. The number of hydrogen-bond donors (Lipinski definition) is 0. The second-order valence-corrected chi connectivity index (χ2v) is 8.28. The molecule has 0 atom stereocenters. The molecule has 6 nitrogen and oxygen atoms in total. The van der Waals surface area contributed by atoms with Gasteiger partial charge in [-0.2, -0.15) is 0 Å². The maximum Gasteiger partial charge on any atom is 0.409 e. The first-order valence-corrected chi connectivity index (χ1v) is 10.7. The van der Waals surface area contributed by atoms with Crippen LogP contribution in [0, 0.1) is 0 Å². The van der Waals surface area contributed by atoms with Crippen LogP contribution in [0.3, 0.4) is 0 Å². The Morgan fingerprint density at radius 1 is 1.30 bits per heavy atom. The van der Waals surface area contributed by atoms with Gasteiger partial charge >= 0.3 is 6.09 Å². The average Bonchev–Trinajstić information content (AvgIpc) is 2.70. The lowest BCUT2D eigenvalue weighted by Crippen LogP contribution is -2.52. The largest absolute Gasteiger partial charge is 0.496 e. The second kappa shape index (κ2) is 9.61. The summed E-state index contributed by atoms with van der Waals surface area (Å²) in [5, 5.41) is 0. The first-order valence-electron chi connectivity index (χ1n) is 9.31. The Labute approximate surface area is 170 Å². The summed E-state index contributed by atoms with van der Waals surface area (Å²) >= 11 is 7.31. The van der Waals surface area contributed by atoms with Crippen molar-refractivity contribution in [3.05, 3.63) is 29.8 Å². The van der Waals surface area contributed by atoms with E-state index in [1.54, 1.807) is 18.9 Å². The van der Waals surface area contributed by atoms with Crippen LogP contribution in [0.2, 0.25) is 0 Å². The number of rotatable bonds is 5. The zero-order valence-electron chi connectivity index (χ0n) is 15.9. The number of thioether (sulfide) groups is 1. The topological polar surface area (TPSA) is 45.2 Å². The van der Waals surface area contributed by atoms with E-state index in [0.717, 1.165) is 60.7 Å². The van der Waals surface area contributed by atoms with Gasteiger partial charge in [-0.1, -0.05) is 42.2 Å². The molecule has 1 amide bonds. The molecule has 8 heteroatoms. The number of methoxy groups -OCH3 is 1. The molecule has 0 radical (unpaired) electrons. The van der Waals surface area contributed by atoms with Crippen molar-refractivity contribution in [2.24, 2.45) is 0 Å². The van der Waals surface area contributed by atoms with Crippen LogP contribution in [-0.4, -0.2) is 70.5 Å². The Morgan fingerprint density at radius 3 is 2.74 bits per heavy atom. The lowest BCUT2D eigenvalue weighted by molar-refractivity contribution is 0.0680. The molecule has 1 aromatic carbocycles. The fourth-order valence-corrected chi connectivity index (χ4v) is 4.70. The van der Waals surface area contributed by atoms with E-state index in [1.165, 1.54) is 0 Å². The third kappa shape index (κ3) is 5.06. The van der Waals surface area contributed by atoms with Crippen molar-refractivity contribution >= 4 is 34.4 Å². The predicted octanol–water partition coefficient (Wildman–Crippen LogP) is 3.37. The highest BCUT2D eigenvalue weighted by Crippen LogP contribution is 2.28. The summed E-state index contributed by atoms with van der Waals surface area (Å²) in [5.74, 6) is 1.80. The van der Waals surface area contributed by atoms with Gasteiger partial charge in [-0.15, -0.1) is 0 Å². The maximum absolute atomic E-state index is 11.9. The minimum Gasteiger partial charge on any atom is -0.496 e. The molecule has 2 fully saturated rings. The van der Waals surface area contributed by atoms with Crippen molar-refractivity contribution in [1.29, 1.82) is 0 Å². The predicted molar refractivity (Wildman–Crippen MR) is 112 cm³/mol. The van der Waals surface area contributed by atoms with Gasteiger partial charge in [-0.25, -0.2) is 4.79 Å². The summed E-state index contributed by atoms with van der Waals surface area (Å²) in [6.45, 7) is 5.33. The fourth-order valence-electron chi connectivity index (χ4n) is 3.55. The number of hydrogen-bond acceptors (Lipinski definition) is 6. The van der Waals surface area contributed by atoms with E-state index in [4.69, 9.17) is 21.7 Å². The molecule has 0 unspecified atom stereocenters. The summed E-state index contributed by atoms with van der Waals surface area (Å²) in [6, 6.07) is 8.54. The minimum atomic E-state index is -0.192. The summed E-state index contributed by atoms with van der Waals surface area (Å²) in [5.41, 5.74) is 1.14. The highest BCUT2D eigenvalue weighted by atomic mass is 32.2. The molecule has 148 valence electrons. The van der Waals surface area contributed by atoms with Crippen LogP contribution in [0.25, 0.3) is 0 Å². The van der Waals surface area contributed by atoms with E-state index in [1.807, 2.05) is 30.0 Å².